The van der Waals surface area contributed by atoms with Gasteiger partial charge >= 0.3 is 0 Å². The Morgan fingerprint density at radius 3 is 1.77 bits per heavy atom. The first-order valence-corrected chi connectivity index (χ1v) is 26.6. The predicted octanol–water partition coefficient (Wildman–Crippen LogP) is 16.9. The molecule has 6 heteroatoms. The predicted molar refractivity (Wildman–Crippen MR) is 309 cm³/mol. The second kappa shape index (κ2) is 17.6. The summed E-state index contributed by atoms with van der Waals surface area (Å²) in [6, 6.07) is 87.0. The third-order valence-corrected chi connectivity index (χ3v) is 16.5. The number of pyridine rings is 1. The van der Waals surface area contributed by atoms with Gasteiger partial charge in [-0.15, -0.1) is 29.7 Å². The maximum absolute atomic E-state index is 6.80. The van der Waals surface area contributed by atoms with Gasteiger partial charge in [0.15, 0.2) is 0 Å². The summed E-state index contributed by atoms with van der Waals surface area (Å²) in [7, 11) is 0. The van der Waals surface area contributed by atoms with Crippen LogP contribution in [-0.4, -0.2) is 14.1 Å². The SMILES string of the molecule is CC(C)(C)c1ccnc(-n2c3[c-]c(Oc4[c-]c(-n5[c-][n+]6c7c(cccc75)-c5ccccc5-c5ccccc5-c5cccc(-c7ccc8c(c7)C7c9ccccc9C8c8ccccc87)c5-6)ccc4)ccc3c3ccccc32)c1.[Pt]. The molecule has 4 aliphatic rings. The molecule has 2 bridgehead atoms. The van der Waals surface area contributed by atoms with Gasteiger partial charge in [-0.3, -0.25) is 4.57 Å². The normalized spacial score (nSPS) is 14.5. The van der Waals surface area contributed by atoms with Crippen LogP contribution in [0.15, 0.2) is 225 Å². The summed E-state index contributed by atoms with van der Waals surface area (Å²) in [5.41, 5.74) is 24.7. The van der Waals surface area contributed by atoms with E-state index in [4.69, 9.17) is 9.72 Å². The first kappa shape index (κ1) is 46.4. The zero-order valence-corrected chi connectivity index (χ0v) is 45.3. The molecule has 0 fully saturated rings. The Morgan fingerprint density at radius 1 is 0.474 bits per heavy atom. The fourth-order valence-corrected chi connectivity index (χ4v) is 13.1. The van der Waals surface area contributed by atoms with E-state index in [0.29, 0.717) is 11.5 Å². The van der Waals surface area contributed by atoms with E-state index >= 15 is 0 Å². The van der Waals surface area contributed by atoms with E-state index in [1.807, 2.05) is 24.4 Å². The quantitative estimate of drug-likeness (QED) is 0.127. The molecule has 17 rings (SSSR count). The largest absolute Gasteiger partial charge is 0.510 e. The third kappa shape index (κ3) is 6.90. The summed E-state index contributed by atoms with van der Waals surface area (Å²) < 4.78 is 13.5. The van der Waals surface area contributed by atoms with Gasteiger partial charge in [0.2, 0.25) is 0 Å². The van der Waals surface area contributed by atoms with Crippen molar-refractivity contribution in [2.24, 2.45) is 0 Å². The van der Waals surface area contributed by atoms with E-state index < -0.39 is 0 Å². The molecule has 0 atom stereocenters. The van der Waals surface area contributed by atoms with Gasteiger partial charge < -0.3 is 13.9 Å². The van der Waals surface area contributed by atoms with E-state index in [1.165, 1.54) is 55.6 Å². The standard InChI is InChI=1S/C72H48N4O.Pt/c1-72(2,3)45-37-38-73-67(40-45)76-64-31-13-12-23-54(64)55-36-34-48(42-66(55)76)77-47-18-14-17-46(41-47)74-43-75-70-49(44-33-35-60-63(39-44)69-58-26-10-8-24-56(58)68(60)57-25-9-11-27-59(57)69)28-15-29-61(70)52-21-6-4-19-50(52)51-20-5-7-22-53(51)62-30-16-32-65(74)71(62)75;/h4-40,68-69H,1-3H3;/q-2;. The summed E-state index contributed by atoms with van der Waals surface area (Å²) in [5, 5.41) is 2.22. The molecule has 13 aromatic rings. The molecule has 0 unspecified atom stereocenters. The fourth-order valence-electron chi connectivity index (χ4n) is 13.1. The van der Waals surface area contributed by atoms with Gasteiger partial charge in [0.25, 0.3) is 6.33 Å². The Morgan fingerprint density at radius 2 is 1.04 bits per heavy atom. The van der Waals surface area contributed by atoms with Gasteiger partial charge in [-0.2, -0.15) is 18.2 Å². The smallest absolute Gasteiger partial charge is 0.268 e. The number of nitrogens with zero attached hydrogens (tertiary/aromatic N) is 4. The summed E-state index contributed by atoms with van der Waals surface area (Å²) in [6.45, 7) is 6.70. The van der Waals surface area contributed by atoms with E-state index in [9.17, 15) is 0 Å². The first-order valence-electron chi connectivity index (χ1n) is 26.6. The van der Waals surface area contributed by atoms with Crippen LogP contribution in [0.25, 0.3) is 94.5 Å². The van der Waals surface area contributed by atoms with Crippen molar-refractivity contribution in [2.75, 3.05) is 0 Å². The minimum atomic E-state index is -0.0427. The number of aromatic nitrogens is 4. The minimum absolute atomic E-state index is 0. The molecule has 0 N–H and O–H groups in total. The van der Waals surface area contributed by atoms with E-state index in [1.54, 1.807) is 0 Å². The van der Waals surface area contributed by atoms with E-state index in [0.717, 1.165) is 77.8 Å². The first-order chi connectivity index (χ1) is 37.8. The van der Waals surface area contributed by atoms with Crippen molar-refractivity contribution in [1.82, 2.24) is 14.1 Å². The average Bonchev–Trinajstić information content (AvgIpc) is 3.18. The number of hydrogen-bond donors (Lipinski definition) is 0. The Bertz CT molecular complexity index is 4580. The molecule has 0 amide bonds. The number of fused-ring (bicyclic) bond motifs is 10. The molecular formula is C72H48N4OPt-2. The average molecular weight is 1180 g/mol. The Labute approximate surface area is 467 Å². The van der Waals surface area contributed by atoms with Crippen LogP contribution < -0.4 is 9.30 Å². The van der Waals surface area contributed by atoms with Gasteiger partial charge in [0.05, 0.1) is 16.7 Å². The van der Waals surface area contributed by atoms with Gasteiger partial charge in [-0.1, -0.05) is 196 Å². The molecule has 0 spiro atoms. The molecule has 0 saturated carbocycles. The zero-order chi connectivity index (χ0) is 51.1. The summed E-state index contributed by atoms with van der Waals surface area (Å²) in [6.07, 6.45) is 5.89. The molecule has 0 radical (unpaired) electrons. The second-order valence-electron chi connectivity index (χ2n) is 21.8. The monoisotopic (exact) mass is 1180 g/mol. The van der Waals surface area contributed by atoms with Gasteiger partial charge in [0, 0.05) is 56.1 Å². The molecule has 3 aromatic heterocycles. The van der Waals surface area contributed by atoms with Crippen LogP contribution in [0.1, 0.15) is 71.6 Å². The van der Waals surface area contributed by atoms with Crippen LogP contribution in [0.4, 0.5) is 0 Å². The molecule has 4 heterocycles. The van der Waals surface area contributed by atoms with Gasteiger partial charge in [0.1, 0.15) is 5.82 Å². The third-order valence-electron chi connectivity index (χ3n) is 16.5. The molecule has 10 aromatic carbocycles. The molecule has 78 heavy (non-hydrogen) atoms. The van der Waals surface area contributed by atoms with Crippen LogP contribution in [0.5, 0.6) is 11.5 Å². The van der Waals surface area contributed by atoms with Crippen molar-refractivity contribution >= 4 is 32.8 Å². The van der Waals surface area contributed by atoms with Gasteiger partial charge in [-0.25, -0.2) is 4.98 Å². The van der Waals surface area contributed by atoms with Crippen LogP contribution in [-0.2, 0) is 26.5 Å². The van der Waals surface area contributed by atoms with E-state index in [-0.39, 0.29) is 38.3 Å². The van der Waals surface area contributed by atoms with Crippen molar-refractivity contribution in [3.63, 3.8) is 0 Å². The molecular weight excluding hydrogens is 1130 g/mol. The van der Waals surface area contributed by atoms with E-state index in [2.05, 4.69) is 253 Å². The minimum Gasteiger partial charge on any atom is -0.510 e. The maximum atomic E-state index is 6.80. The maximum Gasteiger partial charge on any atom is 0.268 e. The molecule has 1 aliphatic heterocycles. The van der Waals surface area contributed by atoms with Crippen molar-refractivity contribution in [1.29, 1.82) is 0 Å². The van der Waals surface area contributed by atoms with Crippen molar-refractivity contribution in [3.8, 4) is 73.2 Å². The number of benzene rings is 10. The number of rotatable bonds is 5. The van der Waals surface area contributed by atoms with Gasteiger partial charge in [-0.05, 0) is 118 Å². The number of ether oxygens (including phenoxy) is 1. The van der Waals surface area contributed by atoms with Crippen molar-refractivity contribution in [2.45, 2.75) is 38.0 Å². The number of hydrogen-bond acceptors (Lipinski definition) is 2. The Kier molecular flexibility index (Phi) is 10.5. The summed E-state index contributed by atoms with van der Waals surface area (Å²) in [4.78, 5) is 4.90. The summed E-state index contributed by atoms with van der Waals surface area (Å²) >= 11 is 0. The van der Waals surface area contributed by atoms with Crippen LogP contribution in [0.2, 0.25) is 0 Å². The number of imidazole rings is 1. The Balaban J connectivity index is 0.00000529. The second-order valence-corrected chi connectivity index (χ2v) is 21.8. The van der Waals surface area contributed by atoms with Crippen LogP contribution >= 0.6 is 0 Å². The van der Waals surface area contributed by atoms with Crippen LogP contribution in [0.3, 0.4) is 0 Å². The van der Waals surface area contributed by atoms with Crippen LogP contribution in [0, 0.1) is 18.5 Å². The molecule has 3 aliphatic carbocycles. The van der Waals surface area contributed by atoms with Crippen molar-refractivity contribution < 1.29 is 30.4 Å². The Hall–Kier alpha value is -8.89. The fraction of sp³-hybridized carbons (Fsp3) is 0.0833. The number of para-hydroxylation sites is 3. The zero-order valence-electron chi connectivity index (χ0n) is 43.0. The molecule has 374 valence electrons. The summed E-state index contributed by atoms with van der Waals surface area (Å²) in [5.74, 6) is 2.35. The molecule has 0 saturated heterocycles. The van der Waals surface area contributed by atoms with Crippen molar-refractivity contribution in [3.05, 3.63) is 282 Å². The molecule has 5 nitrogen and oxygen atoms in total. The topological polar surface area (TPSA) is 35.9 Å².